The monoisotopic (exact) mass is 246 g/mol. The van der Waals surface area contributed by atoms with E-state index in [1.165, 1.54) is 0 Å². The average molecular weight is 246 g/mol. The second-order valence-electron chi connectivity index (χ2n) is 4.88. The Morgan fingerprint density at radius 2 is 2.11 bits per heavy atom. The molecule has 0 aromatic heterocycles. The standard InChI is InChI=1S/C16H22O2/c1-4-16(2,3)18-13-15-10-7-9-14(12-15)8-5-6-11-17/h7,9-10,12,17H,4,6,11,13H2,1-3H3. The van der Waals surface area contributed by atoms with E-state index in [0.29, 0.717) is 13.0 Å². The largest absolute Gasteiger partial charge is 0.395 e. The Morgan fingerprint density at radius 3 is 2.78 bits per heavy atom. The third kappa shape index (κ3) is 5.35. The highest BCUT2D eigenvalue weighted by Crippen LogP contribution is 2.16. The van der Waals surface area contributed by atoms with Crippen LogP contribution in [0.5, 0.6) is 0 Å². The van der Waals surface area contributed by atoms with Crippen LogP contribution in [-0.4, -0.2) is 17.3 Å². The van der Waals surface area contributed by atoms with E-state index in [0.717, 1.165) is 17.5 Å². The van der Waals surface area contributed by atoms with Crippen molar-refractivity contribution in [3.63, 3.8) is 0 Å². The molecule has 1 aromatic rings. The molecule has 1 N–H and O–H groups in total. The van der Waals surface area contributed by atoms with E-state index in [1.54, 1.807) is 0 Å². The molecule has 2 heteroatoms. The minimum atomic E-state index is -0.0848. The summed E-state index contributed by atoms with van der Waals surface area (Å²) in [6.45, 7) is 7.03. The summed E-state index contributed by atoms with van der Waals surface area (Å²) in [5.41, 5.74) is 2.02. The van der Waals surface area contributed by atoms with Crippen molar-refractivity contribution in [2.24, 2.45) is 0 Å². The molecule has 0 fully saturated rings. The molecule has 2 nitrogen and oxygen atoms in total. The van der Waals surface area contributed by atoms with Crippen LogP contribution in [0, 0.1) is 11.8 Å². The lowest BCUT2D eigenvalue weighted by Gasteiger charge is -2.23. The highest BCUT2D eigenvalue weighted by molar-refractivity contribution is 5.36. The van der Waals surface area contributed by atoms with Crippen LogP contribution in [0.3, 0.4) is 0 Å². The average Bonchev–Trinajstić information content (AvgIpc) is 2.38. The molecule has 0 saturated carbocycles. The molecule has 0 amide bonds. The van der Waals surface area contributed by atoms with Gasteiger partial charge in [0.15, 0.2) is 0 Å². The quantitative estimate of drug-likeness (QED) is 0.809. The Bertz CT molecular complexity index is 424. The van der Waals surface area contributed by atoms with Crippen LogP contribution < -0.4 is 0 Å². The molecule has 0 aliphatic rings. The molecule has 0 aliphatic heterocycles. The van der Waals surface area contributed by atoms with Gasteiger partial charge in [0.25, 0.3) is 0 Å². The zero-order valence-electron chi connectivity index (χ0n) is 11.5. The fourth-order valence-electron chi connectivity index (χ4n) is 1.34. The normalized spacial score (nSPS) is 10.9. The molecular weight excluding hydrogens is 224 g/mol. The minimum absolute atomic E-state index is 0.0848. The lowest BCUT2D eigenvalue weighted by Crippen LogP contribution is -2.22. The van der Waals surface area contributed by atoms with Crippen LogP contribution in [0.2, 0.25) is 0 Å². The van der Waals surface area contributed by atoms with Crippen molar-refractivity contribution in [1.29, 1.82) is 0 Å². The highest BCUT2D eigenvalue weighted by Gasteiger charge is 2.14. The smallest absolute Gasteiger partial charge is 0.0724 e. The van der Waals surface area contributed by atoms with Gasteiger partial charge in [0, 0.05) is 12.0 Å². The van der Waals surface area contributed by atoms with Crippen LogP contribution >= 0.6 is 0 Å². The molecule has 18 heavy (non-hydrogen) atoms. The Hall–Kier alpha value is -1.30. The van der Waals surface area contributed by atoms with Gasteiger partial charge in [-0.15, -0.1) is 0 Å². The molecule has 0 atom stereocenters. The van der Waals surface area contributed by atoms with E-state index in [1.807, 2.05) is 24.3 Å². The Balaban J connectivity index is 2.63. The van der Waals surface area contributed by atoms with E-state index in [2.05, 4.69) is 32.6 Å². The predicted octanol–water partition coefficient (Wildman–Crippen LogP) is 3.13. The number of aliphatic hydroxyl groups is 1. The zero-order chi connectivity index (χ0) is 13.4. The summed E-state index contributed by atoms with van der Waals surface area (Å²) < 4.78 is 5.86. The van der Waals surface area contributed by atoms with Gasteiger partial charge in [-0.2, -0.15) is 0 Å². The van der Waals surface area contributed by atoms with E-state index in [-0.39, 0.29) is 12.2 Å². The second kappa shape index (κ2) is 7.20. The van der Waals surface area contributed by atoms with Crippen molar-refractivity contribution in [1.82, 2.24) is 0 Å². The van der Waals surface area contributed by atoms with Gasteiger partial charge in [-0.25, -0.2) is 0 Å². The van der Waals surface area contributed by atoms with Crippen molar-refractivity contribution >= 4 is 0 Å². The maximum atomic E-state index is 8.68. The van der Waals surface area contributed by atoms with E-state index in [9.17, 15) is 0 Å². The summed E-state index contributed by atoms with van der Waals surface area (Å²) in [4.78, 5) is 0. The van der Waals surface area contributed by atoms with Crippen molar-refractivity contribution in [3.05, 3.63) is 35.4 Å². The van der Waals surface area contributed by atoms with Crippen LogP contribution in [0.1, 0.15) is 44.7 Å². The fourth-order valence-corrected chi connectivity index (χ4v) is 1.34. The molecule has 0 spiro atoms. The Kier molecular flexibility index (Phi) is 5.91. The number of ether oxygens (including phenoxy) is 1. The van der Waals surface area contributed by atoms with Gasteiger partial charge in [0.05, 0.1) is 18.8 Å². The molecule has 0 aliphatic carbocycles. The molecule has 1 aromatic carbocycles. The third-order valence-corrected chi connectivity index (χ3v) is 2.88. The number of hydrogen-bond acceptors (Lipinski definition) is 2. The van der Waals surface area contributed by atoms with Crippen molar-refractivity contribution in [2.45, 2.75) is 45.8 Å². The predicted molar refractivity (Wildman–Crippen MR) is 74.2 cm³/mol. The number of hydrogen-bond donors (Lipinski definition) is 1. The molecule has 0 heterocycles. The number of rotatable bonds is 5. The number of benzene rings is 1. The summed E-state index contributed by atoms with van der Waals surface area (Å²) in [6.07, 6.45) is 1.51. The topological polar surface area (TPSA) is 29.5 Å². The van der Waals surface area contributed by atoms with Gasteiger partial charge in [-0.05, 0) is 38.0 Å². The van der Waals surface area contributed by atoms with Crippen LogP contribution in [-0.2, 0) is 11.3 Å². The van der Waals surface area contributed by atoms with Gasteiger partial charge < -0.3 is 9.84 Å². The lowest BCUT2D eigenvalue weighted by molar-refractivity contribution is -0.0316. The van der Waals surface area contributed by atoms with Crippen LogP contribution in [0.15, 0.2) is 24.3 Å². The lowest BCUT2D eigenvalue weighted by atomic mass is 10.1. The number of aliphatic hydroxyl groups excluding tert-OH is 1. The SMILES string of the molecule is CCC(C)(C)OCc1cccc(C#CCCO)c1. The zero-order valence-corrected chi connectivity index (χ0v) is 11.5. The first kappa shape index (κ1) is 14.8. The Labute approximate surface area is 110 Å². The van der Waals surface area contributed by atoms with Crippen LogP contribution in [0.25, 0.3) is 0 Å². The van der Waals surface area contributed by atoms with Crippen molar-refractivity contribution < 1.29 is 9.84 Å². The summed E-state index contributed by atoms with van der Waals surface area (Å²) >= 11 is 0. The Morgan fingerprint density at radius 1 is 1.33 bits per heavy atom. The van der Waals surface area contributed by atoms with Crippen molar-refractivity contribution in [3.8, 4) is 11.8 Å². The summed E-state index contributed by atoms with van der Waals surface area (Å²) in [6, 6.07) is 8.04. The first-order chi connectivity index (χ1) is 8.57. The third-order valence-electron chi connectivity index (χ3n) is 2.88. The molecule has 0 saturated heterocycles. The minimum Gasteiger partial charge on any atom is -0.395 e. The first-order valence-electron chi connectivity index (χ1n) is 6.40. The summed E-state index contributed by atoms with van der Waals surface area (Å²) in [5.74, 6) is 5.95. The van der Waals surface area contributed by atoms with Crippen molar-refractivity contribution in [2.75, 3.05) is 6.61 Å². The summed E-state index contributed by atoms with van der Waals surface area (Å²) in [5, 5.41) is 8.68. The van der Waals surface area contributed by atoms with E-state index >= 15 is 0 Å². The second-order valence-corrected chi connectivity index (χ2v) is 4.88. The van der Waals surface area contributed by atoms with E-state index < -0.39 is 0 Å². The molecule has 1 rings (SSSR count). The molecule has 98 valence electrons. The van der Waals surface area contributed by atoms with Gasteiger partial charge >= 0.3 is 0 Å². The van der Waals surface area contributed by atoms with Gasteiger partial charge in [-0.3, -0.25) is 0 Å². The first-order valence-corrected chi connectivity index (χ1v) is 6.40. The fraction of sp³-hybridized carbons (Fsp3) is 0.500. The van der Waals surface area contributed by atoms with Crippen LogP contribution in [0.4, 0.5) is 0 Å². The molecular formula is C16H22O2. The van der Waals surface area contributed by atoms with Gasteiger partial charge in [0.2, 0.25) is 0 Å². The maximum absolute atomic E-state index is 8.68. The maximum Gasteiger partial charge on any atom is 0.0724 e. The molecule has 0 radical (unpaired) electrons. The molecule has 0 unspecified atom stereocenters. The van der Waals surface area contributed by atoms with Gasteiger partial charge in [0.1, 0.15) is 0 Å². The summed E-state index contributed by atoms with van der Waals surface area (Å²) in [7, 11) is 0. The van der Waals surface area contributed by atoms with Gasteiger partial charge in [-0.1, -0.05) is 30.9 Å². The highest BCUT2D eigenvalue weighted by atomic mass is 16.5. The van der Waals surface area contributed by atoms with E-state index in [4.69, 9.17) is 9.84 Å². The molecule has 0 bridgehead atoms.